The molecular formula is C11H17NO3. The summed E-state index contributed by atoms with van der Waals surface area (Å²) in [6.07, 6.45) is 0. The molecule has 0 saturated heterocycles. The monoisotopic (exact) mass is 211 g/mol. The van der Waals surface area contributed by atoms with Crippen LogP contribution in [0, 0.1) is 0 Å². The van der Waals surface area contributed by atoms with Crippen molar-refractivity contribution >= 4 is 0 Å². The van der Waals surface area contributed by atoms with Crippen LogP contribution in [-0.4, -0.2) is 32.5 Å². The number of nitrogens with two attached hydrogens (primary N) is 1. The maximum atomic E-state index is 9.12. The molecule has 4 heteroatoms. The van der Waals surface area contributed by atoms with Gasteiger partial charge in [0, 0.05) is 12.5 Å². The predicted octanol–water partition coefficient (Wildman–Crippen LogP) is 0.738. The van der Waals surface area contributed by atoms with Gasteiger partial charge in [-0.1, -0.05) is 6.07 Å². The van der Waals surface area contributed by atoms with Crippen molar-refractivity contribution in [2.24, 2.45) is 5.73 Å². The minimum Gasteiger partial charge on any atom is -0.493 e. The molecule has 0 saturated carbocycles. The Morgan fingerprint density at radius 1 is 1.27 bits per heavy atom. The highest BCUT2D eigenvalue weighted by molar-refractivity contribution is 5.44. The van der Waals surface area contributed by atoms with Crippen molar-refractivity contribution in [3.63, 3.8) is 0 Å². The SMILES string of the molecule is COc1ccc([C@H](CN)CO)cc1OC. The van der Waals surface area contributed by atoms with Gasteiger partial charge in [0.2, 0.25) is 0 Å². The molecular weight excluding hydrogens is 194 g/mol. The Labute approximate surface area is 89.6 Å². The summed E-state index contributed by atoms with van der Waals surface area (Å²) in [5.41, 5.74) is 6.50. The highest BCUT2D eigenvalue weighted by Gasteiger charge is 2.11. The molecule has 0 bridgehead atoms. The molecule has 1 atom stereocenters. The van der Waals surface area contributed by atoms with Gasteiger partial charge in [-0.2, -0.15) is 0 Å². The van der Waals surface area contributed by atoms with E-state index in [9.17, 15) is 0 Å². The molecule has 15 heavy (non-hydrogen) atoms. The first kappa shape index (κ1) is 11.8. The van der Waals surface area contributed by atoms with Gasteiger partial charge in [-0.05, 0) is 17.7 Å². The summed E-state index contributed by atoms with van der Waals surface area (Å²) in [7, 11) is 3.17. The van der Waals surface area contributed by atoms with Crippen LogP contribution in [0.3, 0.4) is 0 Å². The molecule has 0 aliphatic rings. The van der Waals surface area contributed by atoms with E-state index in [4.69, 9.17) is 20.3 Å². The number of hydrogen-bond donors (Lipinski definition) is 2. The van der Waals surface area contributed by atoms with Crippen LogP contribution >= 0.6 is 0 Å². The molecule has 1 aromatic carbocycles. The molecule has 0 amide bonds. The third kappa shape index (κ3) is 2.61. The minimum absolute atomic E-state index is 0.0337. The van der Waals surface area contributed by atoms with E-state index < -0.39 is 0 Å². The quantitative estimate of drug-likeness (QED) is 0.754. The third-order valence-electron chi connectivity index (χ3n) is 2.38. The maximum absolute atomic E-state index is 9.12. The van der Waals surface area contributed by atoms with Gasteiger partial charge in [0.25, 0.3) is 0 Å². The number of rotatable bonds is 5. The van der Waals surface area contributed by atoms with E-state index in [1.165, 1.54) is 0 Å². The van der Waals surface area contributed by atoms with Crippen LogP contribution in [0.15, 0.2) is 18.2 Å². The second kappa shape index (κ2) is 5.58. The van der Waals surface area contributed by atoms with Gasteiger partial charge in [-0.15, -0.1) is 0 Å². The van der Waals surface area contributed by atoms with Crippen molar-refractivity contribution in [3.8, 4) is 11.5 Å². The van der Waals surface area contributed by atoms with Gasteiger partial charge in [0.1, 0.15) is 0 Å². The molecule has 3 N–H and O–H groups in total. The number of methoxy groups -OCH3 is 2. The Morgan fingerprint density at radius 3 is 2.40 bits per heavy atom. The van der Waals surface area contributed by atoms with Gasteiger partial charge >= 0.3 is 0 Å². The van der Waals surface area contributed by atoms with Crippen LogP contribution in [0.2, 0.25) is 0 Å². The second-order valence-corrected chi connectivity index (χ2v) is 3.23. The highest BCUT2D eigenvalue weighted by Crippen LogP contribution is 2.30. The van der Waals surface area contributed by atoms with Gasteiger partial charge < -0.3 is 20.3 Å². The fraction of sp³-hybridized carbons (Fsp3) is 0.455. The lowest BCUT2D eigenvalue weighted by Gasteiger charge is -2.14. The molecule has 1 rings (SSSR count). The average molecular weight is 211 g/mol. The normalized spacial score (nSPS) is 12.3. The summed E-state index contributed by atoms with van der Waals surface area (Å²) in [6.45, 7) is 0.442. The van der Waals surface area contributed by atoms with Gasteiger partial charge in [-0.3, -0.25) is 0 Å². The van der Waals surface area contributed by atoms with Crippen molar-refractivity contribution in [1.82, 2.24) is 0 Å². The Morgan fingerprint density at radius 2 is 1.93 bits per heavy atom. The zero-order valence-electron chi connectivity index (χ0n) is 9.06. The number of ether oxygens (including phenoxy) is 2. The standard InChI is InChI=1S/C11H17NO3/c1-14-10-4-3-8(5-11(10)15-2)9(6-12)7-13/h3-5,9,13H,6-7,12H2,1-2H3/t9-/m1/s1. The Bertz CT molecular complexity index is 311. The first-order valence-corrected chi connectivity index (χ1v) is 4.79. The van der Waals surface area contributed by atoms with Crippen LogP contribution in [0.25, 0.3) is 0 Å². The van der Waals surface area contributed by atoms with Crippen LogP contribution in [-0.2, 0) is 0 Å². The number of hydrogen-bond acceptors (Lipinski definition) is 4. The van der Waals surface area contributed by atoms with Crippen molar-refractivity contribution in [2.75, 3.05) is 27.4 Å². The summed E-state index contributed by atoms with van der Waals surface area (Å²) in [5.74, 6) is 1.28. The fourth-order valence-electron chi connectivity index (χ4n) is 1.42. The third-order valence-corrected chi connectivity index (χ3v) is 2.38. The molecule has 0 aromatic heterocycles. The van der Waals surface area contributed by atoms with E-state index in [1.807, 2.05) is 18.2 Å². The predicted molar refractivity (Wildman–Crippen MR) is 58.4 cm³/mol. The van der Waals surface area contributed by atoms with Gasteiger partial charge in [0.05, 0.1) is 20.8 Å². The largest absolute Gasteiger partial charge is 0.493 e. The summed E-state index contributed by atoms with van der Waals surface area (Å²) in [6, 6.07) is 5.54. The van der Waals surface area contributed by atoms with Crippen LogP contribution in [0.1, 0.15) is 11.5 Å². The lowest BCUT2D eigenvalue weighted by molar-refractivity contribution is 0.267. The van der Waals surface area contributed by atoms with Crippen molar-refractivity contribution in [1.29, 1.82) is 0 Å². The first-order valence-electron chi connectivity index (χ1n) is 4.79. The summed E-state index contributed by atoms with van der Waals surface area (Å²) in [5, 5.41) is 9.12. The number of benzene rings is 1. The Kier molecular flexibility index (Phi) is 4.39. The topological polar surface area (TPSA) is 64.7 Å². The molecule has 1 aromatic rings. The van der Waals surface area contributed by atoms with Gasteiger partial charge in [-0.25, -0.2) is 0 Å². The zero-order valence-corrected chi connectivity index (χ0v) is 9.06. The van der Waals surface area contributed by atoms with Crippen LogP contribution in [0.4, 0.5) is 0 Å². The minimum atomic E-state index is -0.0511. The van der Waals surface area contributed by atoms with Crippen molar-refractivity contribution in [2.45, 2.75) is 5.92 Å². The molecule has 0 aliphatic heterocycles. The maximum Gasteiger partial charge on any atom is 0.160 e. The summed E-state index contributed by atoms with van der Waals surface area (Å²) < 4.78 is 10.3. The lowest BCUT2D eigenvalue weighted by Crippen LogP contribution is -2.16. The summed E-state index contributed by atoms with van der Waals surface area (Å²) in [4.78, 5) is 0. The molecule has 0 heterocycles. The zero-order chi connectivity index (χ0) is 11.3. The Hall–Kier alpha value is -1.26. The molecule has 0 aliphatic carbocycles. The summed E-state index contributed by atoms with van der Waals surface area (Å²) >= 11 is 0. The van der Waals surface area contributed by atoms with Crippen molar-refractivity contribution < 1.29 is 14.6 Å². The molecule has 0 unspecified atom stereocenters. The average Bonchev–Trinajstić information content (AvgIpc) is 2.30. The Balaban J connectivity index is 3.01. The van der Waals surface area contributed by atoms with E-state index in [0.29, 0.717) is 18.0 Å². The number of aliphatic hydroxyl groups excluding tert-OH is 1. The van der Waals surface area contributed by atoms with E-state index in [-0.39, 0.29) is 12.5 Å². The first-order chi connectivity index (χ1) is 7.26. The van der Waals surface area contributed by atoms with E-state index in [0.717, 1.165) is 5.56 Å². The van der Waals surface area contributed by atoms with E-state index in [2.05, 4.69) is 0 Å². The van der Waals surface area contributed by atoms with Crippen molar-refractivity contribution in [3.05, 3.63) is 23.8 Å². The highest BCUT2D eigenvalue weighted by atomic mass is 16.5. The van der Waals surface area contributed by atoms with Gasteiger partial charge in [0.15, 0.2) is 11.5 Å². The number of aliphatic hydroxyl groups is 1. The van der Waals surface area contributed by atoms with Crippen LogP contribution < -0.4 is 15.2 Å². The molecule has 0 fully saturated rings. The van der Waals surface area contributed by atoms with E-state index >= 15 is 0 Å². The molecule has 0 radical (unpaired) electrons. The molecule has 4 nitrogen and oxygen atoms in total. The smallest absolute Gasteiger partial charge is 0.160 e. The fourth-order valence-corrected chi connectivity index (χ4v) is 1.42. The molecule has 84 valence electrons. The van der Waals surface area contributed by atoms with E-state index in [1.54, 1.807) is 14.2 Å². The molecule has 0 spiro atoms. The lowest BCUT2D eigenvalue weighted by atomic mass is 10.00. The van der Waals surface area contributed by atoms with Crippen LogP contribution in [0.5, 0.6) is 11.5 Å². The second-order valence-electron chi connectivity index (χ2n) is 3.23.